The fourth-order valence-electron chi connectivity index (χ4n) is 13.1. The highest BCUT2D eigenvalue weighted by Gasteiger charge is 2.41. The molecule has 0 bridgehead atoms. The molecule has 0 saturated heterocycles. The maximum atomic E-state index is 2.54. The molecule has 2 heterocycles. The van der Waals surface area contributed by atoms with Crippen LogP contribution in [0.4, 0.5) is 34.1 Å². The van der Waals surface area contributed by atoms with Crippen molar-refractivity contribution in [3.05, 3.63) is 277 Å². The van der Waals surface area contributed by atoms with Gasteiger partial charge in [0.2, 0.25) is 0 Å². The van der Waals surface area contributed by atoms with E-state index < -0.39 is 0 Å². The number of nitrogens with zero attached hydrogens (tertiary/aromatic N) is 2. The number of fused-ring (bicyclic) bond motifs is 7. The largest absolute Gasteiger partial charge is 0.310 e. The summed E-state index contributed by atoms with van der Waals surface area (Å²) in [6.07, 6.45) is 0. The minimum Gasteiger partial charge on any atom is -0.310 e. The summed E-state index contributed by atoms with van der Waals surface area (Å²) in [5.74, 6) is 0. The Morgan fingerprint density at radius 2 is 0.676 bits per heavy atom. The molecule has 2 aliphatic heterocycles. The van der Waals surface area contributed by atoms with Crippen LogP contribution in [-0.4, -0.2) is 0 Å². The van der Waals surface area contributed by atoms with E-state index in [2.05, 4.69) is 292 Å². The summed E-state index contributed by atoms with van der Waals surface area (Å²) in [4.78, 5) is 4.95. The highest BCUT2D eigenvalue weighted by molar-refractivity contribution is 6.20. The molecule has 2 aliphatic rings. The van der Waals surface area contributed by atoms with Crippen LogP contribution in [0, 0.1) is 0 Å². The maximum absolute atomic E-state index is 2.54. The van der Waals surface area contributed by atoms with E-state index in [4.69, 9.17) is 0 Å². The van der Waals surface area contributed by atoms with E-state index in [-0.39, 0.29) is 10.8 Å². The molecular weight excluding hydrogens is 893 g/mol. The molecule has 0 amide bonds. The topological polar surface area (TPSA) is 6.48 Å². The fourth-order valence-corrected chi connectivity index (χ4v) is 13.1. The molecule has 0 radical (unpaired) electrons. The molecule has 0 saturated carbocycles. The Morgan fingerprint density at radius 3 is 1.20 bits per heavy atom. The number of para-hydroxylation sites is 4. The van der Waals surface area contributed by atoms with Gasteiger partial charge in [-0.3, -0.25) is 0 Å². The summed E-state index contributed by atoms with van der Waals surface area (Å²) < 4.78 is 0. The average Bonchev–Trinajstić information content (AvgIpc) is 3.53. The number of hydrogen-bond acceptors (Lipinski definition) is 2. The zero-order valence-corrected chi connectivity index (χ0v) is 42.1. The van der Waals surface area contributed by atoms with Gasteiger partial charge in [-0.2, -0.15) is 0 Å². The van der Waals surface area contributed by atoms with Gasteiger partial charge in [0, 0.05) is 22.2 Å². The monoisotopic (exact) mass is 946 g/mol. The lowest BCUT2D eigenvalue weighted by atomic mass is 9.70. The molecule has 0 aliphatic carbocycles. The Hall–Kier alpha value is -8.98. The molecule has 74 heavy (non-hydrogen) atoms. The van der Waals surface area contributed by atoms with Gasteiger partial charge in [-0.25, -0.2) is 0 Å². The van der Waals surface area contributed by atoms with Crippen molar-refractivity contribution < 1.29 is 0 Å². The Morgan fingerprint density at radius 1 is 0.270 bits per heavy atom. The van der Waals surface area contributed by atoms with E-state index in [1.165, 1.54) is 122 Å². The van der Waals surface area contributed by atoms with Crippen LogP contribution in [0.3, 0.4) is 0 Å². The van der Waals surface area contributed by atoms with Gasteiger partial charge >= 0.3 is 0 Å². The summed E-state index contributed by atoms with van der Waals surface area (Å²) in [5.41, 5.74) is 21.6. The third kappa shape index (κ3) is 6.57. The van der Waals surface area contributed by atoms with Gasteiger partial charge in [0.1, 0.15) is 0 Å². The van der Waals surface area contributed by atoms with Crippen molar-refractivity contribution in [1.29, 1.82) is 0 Å². The fraction of sp³-hybridized carbons (Fsp3) is 0.0833. The van der Waals surface area contributed by atoms with Crippen LogP contribution in [0.15, 0.2) is 255 Å². The second-order valence-electron chi connectivity index (χ2n) is 21.2. The van der Waals surface area contributed by atoms with Crippen LogP contribution in [0.25, 0.3) is 76.8 Å². The van der Waals surface area contributed by atoms with E-state index in [0.29, 0.717) is 0 Å². The van der Waals surface area contributed by atoms with E-state index in [9.17, 15) is 0 Å². The molecule has 0 atom stereocenters. The first-order valence-electron chi connectivity index (χ1n) is 26.0. The smallest absolute Gasteiger partial charge is 0.0508 e. The van der Waals surface area contributed by atoms with Gasteiger partial charge in [-0.15, -0.1) is 0 Å². The quantitative estimate of drug-likeness (QED) is 0.153. The zero-order valence-electron chi connectivity index (χ0n) is 42.1. The first-order chi connectivity index (χ1) is 36.3. The highest BCUT2D eigenvalue weighted by Crippen LogP contribution is 2.58. The van der Waals surface area contributed by atoms with Crippen LogP contribution in [0.2, 0.25) is 0 Å². The van der Waals surface area contributed by atoms with Crippen LogP contribution in [0.1, 0.15) is 49.9 Å². The van der Waals surface area contributed by atoms with Gasteiger partial charge in [0.05, 0.1) is 22.7 Å². The second-order valence-corrected chi connectivity index (χ2v) is 21.2. The van der Waals surface area contributed by atoms with Gasteiger partial charge in [-0.1, -0.05) is 216 Å². The summed E-state index contributed by atoms with van der Waals surface area (Å²) in [5, 5.41) is 7.38. The first kappa shape index (κ1) is 43.8. The highest BCUT2D eigenvalue weighted by atomic mass is 15.2. The molecule has 352 valence electrons. The van der Waals surface area contributed by atoms with Crippen molar-refractivity contribution in [3.8, 4) is 44.5 Å². The predicted octanol–water partition coefficient (Wildman–Crippen LogP) is 20.0. The Bertz CT molecular complexity index is 3980. The molecule has 2 nitrogen and oxygen atoms in total. The van der Waals surface area contributed by atoms with Crippen LogP contribution >= 0.6 is 0 Å². The van der Waals surface area contributed by atoms with E-state index in [1.807, 2.05) is 0 Å². The van der Waals surface area contributed by atoms with Crippen molar-refractivity contribution in [1.82, 2.24) is 0 Å². The standard InChI is InChI=1S/C72H54N2/c1-71(2)62-38-16-18-40-64(62)73(50-27-10-6-11-28-50)66-42-22-36-57(69(66)71)53-32-20-34-55-60(53)46-61-54(33-21-35-56(61)68(55)49-44-48-26-14-15-31-52(48)59(45-49)47-24-8-5-9-25-47)58-37-23-43-67-70(58)72(3,4)63-39-17-19-41-65(63)74(67)51-29-12-7-13-30-51/h5-46H,1-4H3. The molecule has 0 N–H and O–H groups in total. The molecule has 12 aromatic carbocycles. The van der Waals surface area contributed by atoms with Crippen LogP contribution in [0.5, 0.6) is 0 Å². The normalized spacial score (nSPS) is 14.1. The third-order valence-corrected chi connectivity index (χ3v) is 16.3. The molecule has 14 rings (SSSR count). The van der Waals surface area contributed by atoms with Crippen molar-refractivity contribution in [3.63, 3.8) is 0 Å². The number of hydrogen-bond donors (Lipinski definition) is 0. The van der Waals surface area contributed by atoms with Crippen LogP contribution in [-0.2, 0) is 10.8 Å². The van der Waals surface area contributed by atoms with Gasteiger partial charge < -0.3 is 9.80 Å². The molecule has 12 aromatic rings. The number of rotatable bonds is 6. The second kappa shape index (κ2) is 16.8. The minimum absolute atomic E-state index is 0.320. The third-order valence-electron chi connectivity index (χ3n) is 16.3. The summed E-state index contributed by atoms with van der Waals surface area (Å²) in [6.45, 7) is 9.66. The van der Waals surface area contributed by atoms with Gasteiger partial charge in [-0.05, 0) is 166 Å². The Kier molecular flexibility index (Phi) is 9.94. The lowest BCUT2D eigenvalue weighted by molar-refractivity contribution is 0.633. The molecule has 0 unspecified atom stereocenters. The lowest BCUT2D eigenvalue weighted by Crippen LogP contribution is -2.31. The first-order valence-corrected chi connectivity index (χ1v) is 26.0. The lowest BCUT2D eigenvalue weighted by Gasteiger charge is -2.43. The molecule has 0 aromatic heterocycles. The minimum atomic E-state index is -0.320. The summed E-state index contributed by atoms with van der Waals surface area (Å²) in [6, 6.07) is 94.9. The predicted molar refractivity (Wildman–Crippen MR) is 314 cm³/mol. The number of benzene rings is 12. The van der Waals surface area contributed by atoms with Gasteiger partial charge in [0.15, 0.2) is 0 Å². The van der Waals surface area contributed by atoms with E-state index >= 15 is 0 Å². The van der Waals surface area contributed by atoms with E-state index in [1.54, 1.807) is 0 Å². The van der Waals surface area contributed by atoms with E-state index in [0.717, 1.165) is 11.4 Å². The number of anilines is 6. The molecular formula is C72H54N2. The molecule has 0 fully saturated rings. The molecule has 2 heteroatoms. The average molecular weight is 947 g/mol. The van der Waals surface area contributed by atoms with Crippen molar-refractivity contribution >= 4 is 66.4 Å². The summed E-state index contributed by atoms with van der Waals surface area (Å²) >= 11 is 0. The maximum Gasteiger partial charge on any atom is 0.0508 e. The summed E-state index contributed by atoms with van der Waals surface area (Å²) in [7, 11) is 0. The van der Waals surface area contributed by atoms with Crippen molar-refractivity contribution in [2.75, 3.05) is 9.80 Å². The Labute approximate surface area is 434 Å². The van der Waals surface area contributed by atoms with Crippen LogP contribution < -0.4 is 9.80 Å². The van der Waals surface area contributed by atoms with Crippen molar-refractivity contribution in [2.24, 2.45) is 0 Å². The Balaban J connectivity index is 1.10. The van der Waals surface area contributed by atoms with Crippen molar-refractivity contribution in [2.45, 2.75) is 38.5 Å². The zero-order chi connectivity index (χ0) is 49.7. The van der Waals surface area contributed by atoms with Gasteiger partial charge in [0.25, 0.3) is 0 Å². The SMILES string of the molecule is CC1(C)c2ccccc2N(c2ccccc2)c2cccc(-c3cccc4c(-c5cc(-c6ccccc6)c6ccccc6c5)c5cccc(-c6cccc7c6C(C)(C)c6ccccc6N7c6ccccc6)c5cc34)c21. The molecule has 0 spiro atoms.